The Balaban J connectivity index is 2.07. The predicted molar refractivity (Wildman–Crippen MR) is 128 cm³/mol. The molecule has 2 aromatic carbocycles. The monoisotopic (exact) mass is 449 g/mol. The van der Waals surface area contributed by atoms with Crippen LogP contribution in [0.15, 0.2) is 66.8 Å². The molecule has 1 aliphatic rings. The van der Waals surface area contributed by atoms with E-state index in [9.17, 15) is 14.7 Å². The lowest BCUT2D eigenvalue weighted by Crippen LogP contribution is -2.32. The average molecular weight is 450 g/mol. The van der Waals surface area contributed by atoms with E-state index in [4.69, 9.17) is 9.47 Å². The van der Waals surface area contributed by atoms with Crippen molar-refractivity contribution in [1.29, 1.82) is 0 Å². The van der Waals surface area contributed by atoms with E-state index in [0.717, 1.165) is 11.1 Å². The van der Waals surface area contributed by atoms with E-state index < -0.39 is 17.7 Å². The lowest BCUT2D eigenvalue weighted by atomic mass is 9.85. The molecule has 1 fully saturated rings. The van der Waals surface area contributed by atoms with E-state index in [1.54, 1.807) is 37.5 Å². The topological polar surface area (TPSA) is 76.1 Å². The smallest absolute Gasteiger partial charge is 0.295 e. The van der Waals surface area contributed by atoms with E-state index in [0.29, 0.717) is 17.9 Å². The SMILES string of the molecule is C=CCOc1ccc(C(O)=C2C(=O)C(=O)N(CCOC)C2c2ccc(C(C)(C)C)cc2)cc1. The van der Waals surface area contributed by atoms with E-state index in [-0.39, 0.29) is 29.9 Å². The molecule has 1 amide bonds. The zero-order valence-electron chi connectivity index (χ0n) is 19.6. The molecule has 1 saturated heterocycles. The molecule has 6 heteroatoms. The van der Waals surface area contributed by atoms with Gasteiger partial charge in [0.1, 0.15) is 18.1 Å². The number of Topliss-reactive ketones (excluding diaryl/α,β-unsaturated/α-hetero) is 1. The second kappa shape index (κ2) is 10.0. The number of rotatable bonds is 8. The molecule has 33 heavy (non-hydrogen) atoms. The lowest BCUT2D eigenvalue weighted by molar-refractivity contribution is -0.140. The molecule has 174 valence electrons. The first-order valence-corrected chi connectivity index (χ1v) is 10.9. The van der Waals surface area contributed by atoms with Gasteiger partial charge in [0.05, 0.1) is 18.2 Å². The first-order chi connectivity index (χ1) is 15.7. The Hall–Kier alpha value is -3.38. The molecule has 1 heterocycles. The van der Waals surface area contributed by atoms with Crippen LogP contribution in [0, 0.1) is 0 Å². The van der Waals surface area contributed by atoms with E-state index in [2.05, 4.69) is 27.4 Å². The third-order valence-electron chi connectivity index (χ3n) is 5.66. The van der Waals surface area contributed by atoms with Gasteiger partial charge in [0, 0.05) is 19.2 Å². The Morgan fingerprint density at radius 1 is 1.09 bits per heavy atom. The number of carbonyl (C=O) groups is 2. The van der Waals surface area contributed by atoms with Crippen molar-refractivity contribution in [3.05, 3.63) is 83.4 Å². The number of aliphatic hydroxyl groups excluding tert-OH is 1. The number of nitrogens with zero attached hydrogens (tertiary/aromatic N) is 1. The first-order valence-electron chi connectivity index (χ1n) is 10.9. The minimum atomic E-state index is -0.708. The van der Waals surface area contributed by atoms with Crippen molar-refractivity contribution in [1.82, 2.24) is 4.90 Å². The predicted octanol–water partition coefficient (Wildman–Crippen LogP) is 4.62. The molecule has 0 radical (unpaired) electrons. The summed E-state index contributed by atoms with van der Waals surface area (Å²) < 4.78 is 10.6. The summed E-state index contributed by atoms with van der Waals surface area (Å²) in [6.45, 7) is 10.9. The van der Waals surface area contributed by atoms with Gasteiger partial charge in [-0.3, -0.25) is 9.59 Å². The zero-order chi connectivity index (χ0) is 24.2. The largest absolute Gasteiger partial charge is 0.507 e. The van der Waals surface area contributed by atoms with Crippen LogP contribution >= 0.6 is 0 Å². The van der Waals surface area contributed by atoms with Crippen molar-refractivity contribution < 1.29 is 24.2 Å². The first kappa shape index (κ1) is 24.3. The quantitative estimate of drug-likeness (QED) is 0.276. The molecule has 1 atom stereocenters. The van der Waals surface area contributed by atoms with Crippen LogP contribution in [-0.2, 0) is 19.7 Å². The highest BCUT2D eigenvalue weighted by Gasteiger charge is 2.45. The Morgan fingerprint density at radius 2 is 1.73 bits per heavy atom. The van der Waals surface area contributed by atoms with Gasteiger partial charge < -0.3 is 19.5 Å². The maximum atomic E-state index is 13.0. The molecular weight excluding hydrogens is 418 g/mol. The second-order valence-electron chi connectivity index (χ2n) is 8.98. The number of hydrogen-bond donors (Lipinski definition) is 1. The van der Waals surface area contributed by atoms with Gasteiger partial charge in [-0.2, -0.15) is 0 Å². The molecule has 0 aromatic heterocycles. The van der Waals surface area contributed by atoms with Crippen LogP contribution in [0.5, 0.6) is 5.75 Å². The molecule has 0 bridgehead atoms. The van der Waals surface area contributed by atoms with Crippen LogP contribution in [0.1, 0.15) is 43.5 Å². The Kier molecular flexibility index (Phi) is 7.39. The highest BCUT2D eigenvalue weighted by atomic mass is 16.5. The normalized spacial score (nSPS) is 17.9. The molecule has 0 spiro atoms. The number of ketones is 1. The number of methoxy groups -OCH3 is 1. The molecule has 0 aliphatic carbocycles. The van der Waals surface area contributed by atoms with Crippen molar-refractivity contribution in [2.45, 2.75) is 32.2 Å². The maximum absolute atomic E-state index is 13.0. The number of hydrogen-bond acceptors (Lipinski definition) is 5. The van der Waals surface area contributed by atoms with Crippen LogP contribution in [0.3, 0.4) is 0 Å². The summed E-state index contributed by atoms with van der Waals surface area (Å²) >= 11 is 0. The zero-order valence-corrected chi connectivity index (χ0v) is 19.6. The van der Waals surface area contributed by atoms with Crippen molar-refractivity contribution in [3.8, 4) is 5.75 Å². The van der Waals surface area contributed by atoms with Gasteiger partial charge in [-0.25, -0.2) is 0 Å². The summed E-state index contributed by atoms with van der Waals surface area (Å²) in [5, 5.41) is 11.1. The molecule has 2 aromatic rings. The minimum absolute atomic E-state index is 0.0359. The van der Waals surface area contributed by atoms with Gasteiger partial charge in [0.2, 0.25) is 0 Å². The second-order valence-corrected chi connectivity index (χ2v) is 8.98. The maximum Gasteiger partial charge on any atom is 0.295 e. The fourth-order valence-corrected chi connectivity index (χ4v) is 3.83. The van der Waals surface area contributed by atoms with Gasteiger partial charge in [0.25, 0.3) is 11.7 Å². The number of amides is 1. The van der Waals surface area contributed by atoms with Crippen LogP contribution < -0.4 is 4.74 Å². The van der Waals surface area contributed by atoms with Crippen molar-refractivity contribution in [3.63, 3.8) is 0 Å². The Bertz CT molecular complexity index is 1050. The Labute approximate surface area is 195 Å². The standard InChI is InChI=1S/C27H31NO5/c1-6-16-33-21-13-9-19(10-14-21)24(29)22-23(28(15-17-32-5)26(31)25(22)30)18-7-11-20(12-8-18)27(2,3)4/h6-14,23,29H,1,15-17H2,2-5H3. The van der Waals surface area contributed by atoms with E-state index in [1.807, 2.05) is 24.3 Å². The average Bonchev–Trinajstić information content (AvgIpc) is 3.05. The number of carbonyl (C=O) groups excluding carboxylic acids is 2. The van der Waals surface area contributed by atoms with Crippen LogP contribution in [0.2, 0.25) is 0 Å². The Morgan fingerprint density at radius 3 is 2.27 bits per heavy atom. The van der Waals surface area contributed by atoms with Crippen LogP contribution in [0.4, 0.5) is 0 Å². The molecule has 1 unspecified atom stereocenters. The van der Waals surface area contributed by atoms with Crippen LogP contribution in [0.25, 0.3) is 5.76 Å². The van der Waals surface area contributed by atoms with Gasteiger partial charge >= 0.3 is 0 Å². The molecule has 0 saturated carbocycles. The van der Waals surface area contributed by atoms with Gasteiger partial charge in [-0.05, 0) is 40.8 Å². The molecular formula is C27H31NO5. The summed E-state index contributed by atoms with van der Waals surface area (Å²) in [5.74, 6) is -0.959. The highest BCUT2D eigenvalue weighted by molar-refractivity contribution is 6.46. The van der Waals surface area contributed by atoms with Crippen molar-refractivity contribution in [2.75, 3.05) is 26.9 Å². The van der Waals surface area contributed by atoms with Gasteiger partial charge in [0.15, 0.2) is 0 Å². The number of benzene rings is 2. The summed E-state index contributed by atoms with van der Waals surface area (Å²) in [5.41, 5.74) is 2.36. The summed E-state index contributed by atoms with van der Waals surface area (Å²) in [6.07, 6.45) is 1.64. The van der Waals surface area contributed by atoms with Gasteiger partial charge in [-0.15, -0.1) is 0 Å². The lowest BCUT2D eigenvalue weighted by Gasteiger charge is -2.26. The molecule has 1 aliphatic heterocycles. The van der Waals surface area contributed by atoms with E-state index >= 15 is 0 Å². The summed E-state index contributed by atoms with van der Waals surface area (Å²) in [6, 6.07) is 13.8. The fraction of sp³-hybridized carbons (Fsp3) is 0.333. The number of aliphatic hydroxyl groups is 1. The van der Waals surface area contributed by atoms with Crippen molar-refractivity contribution >= 4 is 17.4 Å². The summed E-state index contributed by atoms with van der Waals surface area (Å²) in [4.78, 5) is 27.4. The number of likely N-dealkylation sites (tertiary alicyclic amines) is 1. The van der Waals surface area contributed by atoms with Crippen LogP contribution in [-0.4, -0.2) is 48.6 Å². The molecule has 3 rings (SSSR count). The minimum Gasteiger partial charge on any atom is -0.507 e. The third-order valence-corrected chi connectivity index (χ3v) is 5.66. The highest BCUT2D eigenvalue weighted by Crippen LogP contribution is 2.40. The molecule has 1 N–H and O–H groups in total. The fourth-order valence-electron chi connectivity index (χ4n) is 3.83. The summed E-state index contributed by atoms with van der Waals surface area (Å²) in [7, 11) is 1.54. The molecule has 6 nitrogen and oxygen atoms in total. The van der Waals surface area contributed by atoms with Gasteiger partial charge in [-0.1, -0.05) is 57.7 Å². The van der Waals surface area contributed by atoms with Crippen molar-refractivity contribution in [2.24, 2.45) is 0 Å². The third kappa shape index (κ3) is 5.17. The van der Waals surface area contributed by atoms with E-state index in [1.165, 1.54) is 4.90 Å². The number of ether oxygens (including phenoxy) is 2.